The lowest BCUT2D eigenvalue weighted by Gasteiger charge is -2.33. The fourth-order valence-electron chi connectivity index (χ4n) is 3.85. The number of likely N-dealkylation sites (N-methyl/N-ethyl adjacent to an activating group) is 1. The van der Waals surface area contributed by atoms with E-state index in [0.29, 0.717) is 24.2 Å². The number of nitrogens with zero attached hydrogens (tertiary/aromatic N) is 3. The van der Waals surface area contributed by atoms with Gasteiger partial charge in [-0.1, -0.05) is 12.1 Å². The molecule has 3 N–H and O–H groups in total. The number of benzene rings is 1. The monoisotopic (exact) mass is 443 g/mol. The van der Waals surface area contributed by atoms with Crippen LogP contribution < -0.4 is 20.3 Å². The first-order valence-electron chi connectivity index (χ1n) is 11.4. The fourth-order valence-corrected chi connectivity index (χ4v) is 3.85. The van der Waals surface area contributed by atoms with Gasteiger partial charge in [0.05, 0.1) is 0 Å². The summed E-state index contributed by atoms with van der Waals surface area (Å²) in [6, 6.07) is 8.36. The van der Waals surface area contributed by atoms with E-state index in [1.807, 2.05) is 24.3 Å². The molecule has 1 aromatic heterocycles. The summed E-state index contributed by atoms with van der Waals surface area (Å²) in [7, 11) is 3.91. The smallest absolute Gasteiger partial charge is 0.164 e. The highest BCUT2D eigenvalue weighted by Crippen LogP contribution is 2.31. The number of nitrogens with one attached hydrogen (secondary N) is 2. The van der Waals surface area contributed by atoms with Crippen LogP contribution in [0.5, 0.6) is 5.75 Å². The van der Waals surface area contributed by atoms with Crippen molar-refractivity contribution in [3.63, 3.8) is 0 Å². The molecule has 2 heterocycles. The van der Waals surface area contributed by atoms with Crippen molar-refractivity contribution in [1.82, 2.24) is 15.3 Å². The predicted molar refractivity (Wildman–Crippen MR) is 129 cm³/mol. The quantitative estimate of drug-likeness (QED) is 0.516. The van der Waals surface area contributed by atoms with E-state index in [1.54, 1.807) is 7.05 Å². The van der Waals surface area contributed by atoms with Crippen LogP contribution in [-0.2, 0) is 4.74 Å². The second kappa shape index (κ2) is 11.4. The lowest BCUT2D eigenvalue weighted by Crippen LogP contribution is -2.37. The molecule has 176 valence electrons. The maximum absolute atomic E-state index is 9.93. The van der Waals surface area contributed by atoms with E-state index in [1.165, 1.54) is 0 Å². The Hall–Kier alpha value is -2.42. The largest absolute Gasteiger partial charge is 0.491 e. The topological polar surface area (TPSA) is 91.8 Å². The molecule has 1 saturated heterocycles. The minimum Gasteiger partial charge on any atom is -0.491 e. The minimum absolute atomic E-state index is 0.219. The van der Waals surface area contributed by atoms with Gasteiger partial charge in [-0.3, -0.25) is 0 Å². The van der Waals surface area contributed by atoms with Gasteiger partial charge in [-0.2, -0.15) is 0 Å². The van der Waals surface area contributed by atoms with E-state index in [2.05, 4.69) is 43.4 Å². The van der Waals surface area contributed by atoms with Crippen molar-refractivity contribution in [2.75, 3.05) is 50.7 Å². The molecule has 1 aliphatic heterocycles. The summed E-state index contributed by atoms with van der Waals surface area (Å²) in [4.78, 5) is 12.1. The molecule has 0 radical (unpaired) electrons. The van der Waals surface area contributed by atoms with E-state index in [0.717, 1.165) is 48.8 Å². The summed E-state index contributed by atoms with van der Waals surface area (Å²) >= 11 is 0. The van der Waals surface area contributed by atoms with Crippen LogP contribution in [-0.4, -0.2) is 73.7 Å². The first kappa shape index (κ1) is 24.2. The van der Waals surface area contributed by atoms with Gasteiger partial charge in [0.1, 0.15) is 30.1 Å². The molecule has 0 spiro atoms. The lowest BCUT2D eigenvalue weighted by molar-refractivity contribution is 0.0853. The van der Waals surface area contributed by atoms with Crippen LogP contribution in [0.2, 0.25) is 0 Å². The highest BCUT2D eigenvalue weighted by molar-refractivity contribution is 5.67. The summed E-state index contributed by atoms with van der Waals surface area (Å²) in [6.07, 6.45) is 1.40. The molecule has 0 amide bonds. The van der Waals surface area contributed by atoms with Crippen molar-refractivity contribution in [2.24, 2.45) is 0 Å². The number of aromatic nitrogens is 2. The Labute approximate surface area is 191 Å². The van der Waals surface area contributed by atoms with E-state index < -0.39 is 6.10 Å². The first-order valence-corrected chi connectivity index (χ1v) is 11.4. The zero-order valence-electron chi connectivity index (χ0n) is 19.9. The third kappa shape index (κ3) is 6.31. The van der Waals surface area contributed by atoms with Crippen LogP contribution in [0.15, 0.2) is 24.3 Å². The number of aliphatic hydroxyl groups excluding tert-OH is 1. The molecule has 2 aromatic rings. The molecule has 1 atom stereocenters. The Morgan fingerprint density at radius 2 is 2.00 bits per heavy atom. The summed E-state index contributed by atoms with van der Waals surface area (Å²) in [6.45, 7) is 8.54. The molecular weight excluding hydrogens is 406 g/mol. The van der Waals surface area contributed by atoms with Crippen molar-refractivity contribution in [3.05, 3.63) is 29.8 Å². The Bertz CT molecular complexity index is 871. The fraction of sp³-hybridized carbons (Fsp3) is 0.583. The molecule has 1 unspecified atom stereocenters. The second-order valence-corrected chi connectivity index (χ2v) is 8.65. The molecule has 0 bridgehead atoms. The summed E-state index contributed by atoms with van der Waals surface area (Å²) in [5.74, 6) is 3.10. The summed E-state index contributed by atoms with van der Waals surface area (Å²) < 4.78 is 11.3. The molecule has 1 aliphatic rings. The van der Waals surface area contributed by atoms with Gasteiger partial charge in [0, 0.05) is 50.0 Å². The van der Waals surface area contributed by atoms with Gasteiger partial charge in [0.25, 0.3) is 0 Å². The van der Waals surface area contributed by atoms with Crippen molar-refractivity contribution in [1.29, 1.82) is 0 Å². The molecule has 3 rings (SSSR count). The zero-order chi connectivity index (χ0) is 23.1. The average molecular weight is 444 g/mol. The average Bonchev–Trinajstić information content (AvgIpc) is 2.79. The van der Waals surface area contributed by atoms with E-state index >= 15 is 0 Å². The van der Waals surface area contributed by atoms with Gasteiger partial charge in [0.15, 0.2) is 5.82 Å². The van der Waals surface area contributed by atoms with E-state index in [-0.39, 0.29) is 12.6 Å². The minimum atomic E-state index is -0.569. The number of ether oxygens (including phenoxy) is 2. The van der Waals surface area contributed by atoms with Crippen LogP contribution >= 0.6 is 0 Å². The molecule has 1 aromatic carbocycles. The first-order chi connectivity index (χ1) is 15.4. The van der Waals surface area contributed by atoms with Crippen molar-refractivity contribution in [2.45, 2.75) is 51.8 Å². The number of hydrogen-bond donors (Lipinski definition) is 3. The van der Waals surface area contributed by atoms with Crippen LogP contribution in [0, 0.1) is 6.92 Å². The van der Waals surface area contributed by atoms with Crippen LogP contribution in [0.3, 0.4) is 0 Å². The Morgan fingerprint density at radius 1 is 1.25 bits per heavy atom. The summed E-state index contributed by atoms with van der Waals surface area (Å²) in [5, 5.41) is 16.4. The van der Waals surface area contributed by atoms with Gasteiger partial charge < -0.3 is 30.1 Å². The van der Waals surface area contributed by atoms with Crippen molar-refractivity contribution >= 4 is 11.6 Å². The molecule has 0 saturated carbocycles. The number of hydrogen-bond acceptors (Lipinski definition) is 8. The standard InChI is InChI=1S/C24H37N5O3/c1-16(2)26-22-17(3)24(29(5)19-9-11-31-12-10-19)28-23(27-22)18-7-6-8-21(13-18)32-15-20(30)14-25-4/h6-8,13,16,19-20,25,30H,9-12,14-15H2,1-5H3,(H,26,27,28). The molecule has 8 nitrogen and oxygen atoms in total. The van der Waals surface area contributed by atoms with Crippen LogP contribution in [0.25, 0.3) is 11.4 Å². The number of aliphatic hydroxyl groups is 1. The van der Waals surface area contributed by atoms with Gasteiger partial charge in [-0.15, -0.1) is 0 Å². The Kier molecular flexibility index (Phi) is 8.67. The number of anilines is 2. The third-order valence-corrected chi connectivity index (χ3v) is 5.59. The third-order valence-electron chi connectivity index (χ3n) is 5.59. The zero-order valence-corrected chi connectivity index (χ0v) is 19.9. The van der Waals surface area contributed by atoms with Gasteiger partial charge >= 0.3 is 0 Å². The van der Waals surface area contributed by atoms with Crippen LogP contribution in [0.4, 0.5) is 11.6 Å². The highest BCUT2D eigenvalue weighted by Gasteiger charge is 2.23. The molecule has 8 heteroatoms. The Balaban J connectivity index is 1.92. The lowest BCUT2D eigenvalue weighted by atomic mass is 10.1. The van der Waals surface area contributed by atoms with Gasteiger partial charge in [-0.25, -0.2) is 9.97 Å². The highest BCUT2D eigenvalue weighted by atomic mass is 16.5. The molecular formula is C24H37N5O3. The summed E-state index contributed by atoms with van der Waals surface area (Å²) in [5.41, 5.74) is 1.91. The van der Waals surface area contributed by atoms with Gasteiger partial charge in [0.2, 0.25) is 0 Å². The second-order valence-electron chi connectivity index (χ2n) is 8.65. The Morgan fingerprint density at radius 3 is 2.69 bits per heavy atom. The van der Waals surface area contributed by atoms with Crippen molar-refractivity contribution < 1.29 is 14.6 Å². The molecule has 0 aliphatic carbocycles. The predicted octanol–water partition coefficient (Wildman–Crippen LogP) is 2.85. The van der Waals surface area contributed by atoms with E-state index in [4.69, 9.17) is 19.4 Å². The van der Waals surface area contributed by atoms with Gasteiger partial charge in [-0.05, 0) is 52.8 Å². The van der Waals surface area contributed by atoms with E-state index in [9.17, 15) is 5.11 Å². The number of rotatable bonds is 10. The maximum Gasteiger partial charge on any atom is 0.164 e. The van der Waals surface area contributed by atoms with Crippen LogP contribution in [0.1, 0.15) is 32.3 Å². The SMILES string of the molecule is CNCC(O)COc1cccc(-c2nc(NC(C)C)c(C)c(N(C)C3CCOCC3)n2)c1. The normalized spacial score (nSPS) is 15.6. The molecule has 32 heavy (non-hydrogen) atoms. The molecule has 1 fully saturated rings. The maximum atomic E-state index is 9.93. The van der Waals surface area contributed by atoms with Crippen molar-refractivity contribution in [3.8, 4) is 17.1 Å².